The molecule has 0 bridgehead atoms. The first-order valence-corrected chi connectivity index (χ1v) is 10.1. The van der Waals surface area contributed by atoms with Crippen molar-refractivity contribution < 1.29 is 9.53 Å². The van der Waals surface area contributed by atoms with E-state index in [1.54, 1.807) is 0 Å². The number of aryl methyl sites for hydroxylation is 2. The number of carbonyl (C=O) groups is 1. The van der Waals surface area contributed by atoms with Crippen LogP contribution >= 0.6 is 11.3 Å². The molecular formula is C18H25N5O2S. The summed E-state index contributed by atoms with van der Waals surface area (Å²) in [6, 6.07) is 1.72. The molecular weight excluding hydrogens is 350 g/mol. The fourth-order valence-corrected chi connectivity index (χ4v) is 4.32. The zero-order chi connectivity index (χ0) is 18.1. The average Bonchev–Trinajstić information content (AvgIpc) is 2.97. The Hall–Kier alpha value is -1.93. The van der Waals surface area contributed by atoms with E-state index in [-0.39, 0.29) is 18.2 Å². The summed E-state index contributed by atoms with van der Waals surface area (Å²) in [5, 5.41) is 11.0. The Morgan fingerprint density at radius 1 is 1.42 bits per heavy atom. The third kappa shape index (κ3) is 3.76. The average molecular weight is 375 g/mol. The van der Waals surface area contributed by atoms with Gasteiger partial charge in [0.05, 0.1) is 17.4 Å². The number of ether oxygens (including phenoxy) is 1. The van der Waals surface area contributed by atoms with Crippen LogP contribution in [-0.4, -0.2) is 33.4 Å². The lowest BCUT2D eigenvalue weighted by molar-refractivity contribution is 0.0926. The number of anilines is 1. The molecule has 1 aliphatic carbocycles. The van der Waals surface area contributed by atoms with Gasteiger partial charge in [-0.15, -0.1) is 11.3 Å². The summed E-state index contributed by atoms with van der Waals surface area (Å²) in [6.45, 7) is 5.68. The van der Waals surface area contributed by atoms with Gasteiger partial charge in [-0.1, -0.05) is 6.92 Å². The second-order valence-electron chi connectivity index (χ2n) is 7.04. The van der Waals surface area contributed by atoms with Crippen molar-refractivity contribution >= 4 is 22.5 Å². The van der Waals surface area contributed by atoms with Gasteiger partial charge in [0.2, 0.25) is 0 Å². The highest BCUT2D eigenvalue weighted by Gasteiger charge is 2.34. The lowest BCUT2D eigenvalue weighted by atomic mass is 10.1. The van der Waals surface area contributed by atoms with Gasteiger partial charge in [0.15, 0.2) is 5.13 Å². The molecule has 2 atom stereocenters. The molecule has 26 heavy (non-hydrogen) atoms. The van der Waals surface area contributed by atoms with Crippen LogP contribution < -0.4 is 10.6 Å². The van der Waals surface area contributed by atoms with Crippen LogP contribution in [0.4, 0.5) is 9.93 Å². The molecule has 3 heterocycles. The Morgan fingerprint density at radius 2 is 2.27 bits per heavy atom. The van der Waals surface area contributed by atoms with Crippen molar-refractivity contribution in [3.8, 4) is 0 Å². The van der Waals surface area contributed by atoms with Crippen molar-refractivity contribution in [3.05, 3.63) is 28.5 Å². The smallest absolute Gasteiger partial charge is 0.321 e. The van der Waals surface area contributed by atoms with Crippen LogP contribution in [0.25, 0.3) is 0 Å². The third-order valence-corrected chi connectivity index (χ3v) is 5.95. The Bertz CT molecular complexity index is 782. The van der Waals surface area contributed by atoms with E-state index in [0.29, 0.717) is 11.7 Å². The summed E-state index contributed by atoms with van der Waals surface area (Å²) < 4.78 is 7.97. The molecule has 7 nitrogen and oxygen atoms in total. The second-order valence-corrected chi connectivity index (χ2v) is 8.25. The summed E-state index contributed by atoms with van der Waals surface area (Å²) in [5.41, 5.74) is 2.09. The van der Waals surface area contributed by atoms with Crippen LogP contribution in [0.2, 0.25) is 0 Å². The van der Waals surface area contributed by atoms with Crippen LogP contribution in [0, 0.1) is 12.8 Å². The minimum Gasteiger partial charge on any atom is -0.370 e. The molecule has 140 valence electrons. The summed E-state index contributed by atoms with van der Waals surface area (Å²) in [7, 11) is 0. The van der Waals surface area contributed by atoms with Gasteiger partial charge in [-0.05, 0) is 44.6 Å². The number of hydrogen-bond acceptors (Lipinski definition) is 5. The Morgan fingerprint density at radius 3 is 3.00 bits per heavy atom. The number of amides is 2. The van der Waals surface area contributed by atoms with Crippen molar-refractivity contribution in [1.82, 2.24) is 20.1 Å². The number of aromatic nitrogens is 3. The second kappa shape index (κ2) is 7.36. The number of carbonyl (C=O) groups excluding carboxylic acids is 1. The zero-order valence-corrected chi connectivity index (χ0v) is 16.0. The number of thiazole rings is 1. The molecule has 8 heteroatoms. The largest absolute Gasteiger partial charge is 0.370 e. The lowest BCUT2D eigenvalue weighted by Gasteiger charge is -2.21. The van der Waals surface area contributed by atoms with Gasteiger partial charge in [-0.2, -0.15) is 5.10 Å². The standard InChI is InChI=1S/C18H25N5O2S/c1-3-13-11(2)26-18(21-13)22-17(24)20-14-7-9-25-16(14)15-6-8-19-23(15)10-12-4-5-12/h6,8,12,14,16H,3-5,7,9-10H2,1-2H3,(H2,20,21,22,24)/t14-,16-/m1/s1. The summed E-state index contributed by atoms with van der Waals surface area (Å²) >= 11 is 1.51. The Balaban J connectivity index is 1.40. The molecule has 4 rings (SSSR count). The van der Waals surface area contributed by atoms with Gasteiger partial charge in [0.1, 0.15) is 6.10 Å². The molecule has 2 aromatic heterocycles. The monoisotopic (exact) mass is 375 g/mol. The van der Waals surface area contributed by atoms with Gasteiger partial charge in [0, 0.05) is 24.2 Å². The Labute approximate surface area is 157 Å². The summed E-state index contributed by atoms with van der Waals surface area (Å²) in [6.07, 6.45) is 5.90. The van der Waals surface area contributed by atoms with E-state index in [4.69, 9.17) is 4.74 Å². The van der Waals surface area contributed by atoms with Crippen LogP contribution in [-0.2, 0) is 17.7 Å². The lowest BCUT2D eigenvalue weighted by Crippen LogP contribution is -2.40. The van der Waals surface area contributed by atoms with Gasteiger partial charge in [-0.3, -0.25) is 10.00 Å². The van der Waals surface area contributed by atoms with Crippen molar-refractivity contribution in [2.24, 2.45) is 5.92 Å². The number of urea groups is 1. The number of nitrogens with zero attached hydrogens (tertiary/aromatic N) is 3. The molecule has 2 fully saturated rings. The number of nitrogens with one attached hydrogen (secondary N) is 2. The molecule has 0 aromatic carbocycles. The first kappa shape index (κ1) is 17.5. The van der Waals surface area contributed by atoms with E-state index in [1.165, 1.54) is 24.2 Å². The zero-order valence-electron chi connectivity index (χ0n) is 15.2. The minimum absolute atomic E-state index is 0.0589. The number of hydrogen-bond donors (Lipinski definition) is 2. The fourth-order valence-electron chi connectivity index (χ4n) is 3.42. The third-order valence-electron chi connectivity index (χ3n) is 5.03. The molecule has 0 unspecified atom stereocenters. The van der Waals surface area contributed by atoms with Gasteiger partial charge < -0.3 is 10.1 Å². The highest BCUT2D eigenvalue weighted by Crippen LogP contribution is 2.34. The van der Waals surface area contributed by atoms with Crippen molar-refractivity contribution in [2.45, 2.75) is 58.2 Å². The van der Waals surface area contributed by atoms with Gasteiger partial charge in [0.25, 0.3) is 0 Å². The first-order chi connectivity index (χ1) is 12.6. The predicted octanol–water partition coefficient (Wildman–Crippen LogP) is 3.27. The summed E-state index contributed by atoms with van der Waals surface area (Å²) in [4.78, 5) is 18.0. The quantitative estimate of drug-likeness (QED) is 0.812. The van der Waals surface area contributed by atoms with Gasteiger partial charge in [-0.25, -0.2) is 9.78 Å². The van der Waals surface area contributed by atoms with E-state index >= 15 is 0 Å². The molecule has 2 N–H and O–H groups in total. The predicted molar refractivity (Wildman–Crippen MR) is 100 cm³/mol. The van der Waals surface area contributed by atoms with E-state index < -0.39 is 0 Å². The van der Waals surface area contributed by atoms with Crippen LogP contribution in [0.15, 0.2) is 12.3 Å². The molecule has 2 amide bonds. The molecule has 0 radical (unpaired) electrons. The van der Waals surface area contributed by atoms with E-state index in [2.05, 4.69) is 27.6 Å². The molecule has 2 aliphatic rings. The highest BCUT2D eigenvalue weighted by molar-refractivity contribution is 7.15. The van der Waals surface area contributed by atoms with Crippen LogP contribution in [0.5, 0.6) is 0 Å². The molecule has 1 saturated carbocycles. The molecule has 2 aromatic rings. The minimum atomic E-state index is -0.227. The maximum absolute atomic E-state index is 12.4. The SMILES string of the molecule is CCc1nc(NC(=O)N[C@@H]2CCO[C@H]2c2ccnn2CC2CC2)sc1C. The van der Waals surface area contributed by atoms with Gasteiger partial charge >= 0.3 is 6.03 Å². The fraction of sp³-hybridized carbons (Fsp3) is 0.611. The van der Waals surface area contributed by atoms with Crippen LogP contribution in [0.1, 0.15) is 48.6 Å². The van der Waals surface area contributed by atoms with E-state index in [0.717, 1.165) is 41.6 Å². The van der Waals surface area contributed by atoms with Crippen molar-refractivity contribution in [3.63, 3.8) is 0 Å². The number of rotatable bonds is 6. The molecule has 1 saturated heterocycles. The van der Waals surface area contributed by atoms with E-state index in [1.807, 2.05) is 23.9 Å². The van der Waals surface area contributed by atoms with Crippen molar-refractivity contribution in [2.75, 3.05) is 11.9 Å². The maximum Gasteiger partial charge on any atom is 0.321 e. The van der Waals surface area contributed by atoms with Crippen LogP contribution in [0.3, 0.4) is 0 Å². The molecule has 0 spiro atoms. The highest BCUT2D eigenvalue weighted by atomic mass is 32.1. The first-order valence-electron chi connectivity index (χ1n) is 9.31. The molecule has 1 aliphatic heterocycles. The van der Waals surface area contributed by atoms with E-state index in [9.17, 15) is 4.79 Å². The van der Waals surface area contributed by atoms with Crippen molar-refractivity contribution in [1.29, 1.82) is 0 Å². The Kier molecular flexibility index (Phi) is 4.95. The normalized spacial score (nSPS) is 22.5. The maximum atomic E-state index is 12.4. The summed E-state index contributed by atoms with van der Waals surface area (Å²) in [5.74, 6) is 0.741. The topological polar surface area (TPSA) is 81.1 Å².